The molecule has 1 unspecified atom stereocenters. The molecule has 0 saturated carbocycles. The van der Waals surface area contributed by atoms with Gasteiger partial charge in [0.25, 0.3) is 5.91 Å². The quantitative estimate of drug-likeness (QED) is 0.812. The van der Waals surface area contributed by atoms with E-state index in [1.807, 2.05) is 0 Å². The van der Waals surface area contributed by atoms with E-state index in [4.69, 9.17) is 9.84 Å². The van der Waals surface area contributed by atoms with E-state index in [0.29, 0.717) is 0 Å². The van der Waals surface area contributed by atoms with Crippen molar-refractivity contribution in [3.63, 3.8) is 0 Å². The van der Waals surface area contributed by atoms with Gasteiger partial charge in [0.05, 0.1) is 19.4 Å². The summed E-state index contributed by atoms with van der Waals surface area (Å²) in [6, 6.07) is 1.31. The summed E-state index contributed by atoms with van der Waals surface area (Å²) in [6.45, 7) is 0.397. The second kappa shape index (κ2) is 5.09. The van der Waals surface area contributed by atoms with Gasteiger partial charge in [-0.15, -0.1) is 0 Å². The van der Waals surface area contributed by atoms with Crippen molar-refractivity contribution in [3.05, 3.63) is 29.8 Å². The number of pyridine rings is 1. The van der Waals surface area contributed by atoms with Crippen LogP contribution in [0.2, 0.25) is 0 Å². The number of aromatic nitrogens is 1. The summed E-state index contributed by atoms with van der Waals surface area (Å²) < 4.78 is 17.7. The zero-order valence-electron chi connectivity index (χ0n) is 9.38. The van der Waals surface area contributed by atoms with E-state index in [2.05, 4.69) is 4.98 Å². The molecule has 18 heavy (non-hydrogen) atoms. The highest BCUT2D eigenvalue weighted by molar-refractivity contribution is 5.95. The summed E-state index contributed by atoms with van der Waals surface area (Å²) in [5.41, 5.74) is 0.0181. The maximum atomic E-state index is 12.7. The van der Waals surface area contributed by atoms with Gasteiger partial charge in [-0.1, -0.05) is 0 Å². The lowest BCUT2D eigenvalue weighted by molar-refractivity contribution is -0.147. The van der Waals surface area contributed by atoms with Crippen molar-refractivity contribution in [2.45, 2.75) is 6.04 Å². The van der Waals surface area contributed by atoms with Gasteiger partial charge in [-0.3, -0.25) is 4.79 Å². The third kappa shape index (κ3) is 2.45. The molecular weight excluding hydrogens is 243 g/mol. The maximum absolute atomic E-state index is 12.7. The van der Waals surface area contributed by atoms with Crippen molar-refractivity contribution in [1.82, 2.24) is 9.88 Å². The van der Waals surface area contributed by atoms with E-state index >= 15 is 0 Å². The minimum Gasteiger partial charge on any atom is -0.480 e. The van der Waals surface area contributed by atoms with Crippen LogP contribution in [0, 0.1) is 5.82 Å². The van der Waals surface area contributed by atoms with Crippen molar-refractivity contribution >= 4 is 11.9 Å². The molecule has 96 valence electrons. The third-order valence-electron chi connectivity index (χ3n) is 2.62. The Morgan fingerprint density at radius 3 is 2.89 bits per heavy atom. The molecule has 2 heterocycles. The number of amides is 1. The van der Waals surface area contributed by atoms with Crippen molar-refractivity contribution < 1.29 is 23.8 Å². The number of nitrogens with zero attached hydrogens (tertiary/aromatic N) is 2. The zero-order chi connectivity index (χ0) is 13.1. The SMILES string of the molecule is O=C(O)C1COCCN1C(=O)c1ccc(F)cn1. The molecule has 1 fully saturated rings. The van der Waals surface area contributed by atoms with Crippen LogP contribution in [0.3, 0.4) is 0 Å². The van der Waals surface area contributed by atoms with Gasteiger partial charge in [-0.05, 0) is 12.1 Å². The molecule has 0 spiro atoms. The Kier molecular flexibility index (Phi) is 3.52. The minimum absolute atomic E-state index is 0.0181. The van der Waals surface area contributed by atoms with E-state index in [-0.39, 0.29) is 25.5 Å². The molecule has 2 rings (SSSR count). The summed E-state index contributed by atoms with van der Waals surface area (Å²) in [7, 11) is 0. The van der Waals surface area contributed by atoms with Crippen LogP contribution in [-0.4, -0.2) is 52.7 Å². The molecule has 1 saturated heterocycles. The van der Waals surface area contributed by atoms with Gasteiger partial charge in [0.15, 0.2) is 6.04 Å². The second-order valence-corrected chi connectivity index (χ2v) is 3.79. The zero-order valence-corrected chi connectivity index (χ0v) is 9.38. The highest BCUT2D eigenvalue weighted by Gasteiger charge is 2.33. The first kappa shape index (κ1) is 12.4. The molecule has 1 atom stereocenters. The predicted octanol–water partition coefficient (Wildman–Crippen LogP) is 0.146. The first-order valence-electron chi connectivity index (χ1n) is 5.32. The van der Waals surface area contributed by atoms with Crippen LogP contribution in [0.5, 0.6) is 0 Å². The fourth-order valence-electron chi connectivity index (χ4n) is 1.70. The standard InChI is InChI=1S/C11H11FN2O4/c12-7-1-2-8(13-5-7)10(15)14-3-4-18-6-9(14)11(16)17/h1-2,5,9H,3-4,6H2,(H,16,17). The van der Waals surface area contributed by atoms with Crippen molar-refractivity contribution in [2.24, 2.45) is 0 Å². The number of carboxylic acid groups (broad SMARTS) is 1. The van der Waals surface area contributed by atoms with Crippen LogP contribution in [0.1, 0.15) is 10.5 Å². The average Bonchev–Trinajstić information content (AvgIpc) is 2.39. The molecule has 1 aromatic heterocycles. The van der Waals surface area contributed by atoms with Crippen LogP contribution >= 0.6 is 0 Å². The van der Waals surface area contributed by atoms with Gasteiger partial charge in [-0.25, -0.2) is 14.2 Å². The smallest absolute Gasteiger partial charge is 0.328 e. The number of morpholine rings is 1. The lowest BCUT2D eigenvalue weighted by Gasteiger charge is -2.32. The second-order valence-electron chi connectivity index (χ2n) is 3.79. The van der Waals surface area contributed by atoms with Crippen LogP contribution in [0.25, 0.3) is 0 Å². The van der Waals surface area contributed by atoms with Gasteiger partial charge < -0.3 is 14.7 Å². The van der Waals surface area contributed by atoms with E-state index < -0.39 is 23.7 Å². The van der Waals surface area contributed by atoms with Crippen LogP contribution in [-0.2, 0) is 9.53 Å². The van der Waals surface area contributed by atoms with Crippen LogP contribution in [0.15, 0.2) is 18.3 Å². The van der Waals surface area contributed by atoms with Crippen molar-refractivity contribution in [2.75, 3.05) is 19.8 Å². The van der Waals surface area contributed by atoms with Crippen LogP contribution < -0.4 is 0 Å². The molecule has 1 N–H and O–H groups in total. The first-order chi connectivity index (χ1) is 8.59. The number of carboxylic acids is 1. The third-order valence-corrected chi connectivity index (χ3v) is 2.62. The number of halogens is 1. The highest BCUT2D eigenvalue weighted by atomic mass is 19.1. The van der Waals surface area contributed by atoms with Gasteiger partial charge >= 0.3 is 5.97 Å². The Balaban J connectivity index is 2.20. The highest BCUT2D eigenvalue weighted by Crippen LogP contribution is 2.12. The number of hydrogen-bond donors (Lipinski definition) is 1. The number of aliphatic carboxylic acids is 1. The normalized spacial score (nSPS) is 19.6. The van der Waals surface area contributed by atoms with Crippen molar-refractivity contribution in [1.29, 1.82) is 0 Å². The summed E-state index contributed by atoms with van der Waals surface area (Å²) in [5, 5.41) is 8.99. The van der Waals surface area contributed by atoms with E-state index in [1.165, 1.54) is 11.0 Å². The largest absolute Gasteiger partial charge is 0.480 e. The Bertz CT molecular complexity index is 463. The van der Waals surface area contributed by atoms with Gasteiger partial charge in [0.1, 0.15) is 11.5 Å². The fourth-order valence-corrected chi connectivity index (χ4v) is 1.70. The Hall–Kier alpha value is -2.02. The molecule has 1 aliphatic heterocycles. The van der Waals surface area contributed by atoms with Crippen LogP contribution in [0.4, 0.5) is 4.39 Å². The van der Waals surface area contributed by atoms with E-state index in [9.17, 15) is 14.0 Å². The number of ether oxygens (including phenoxy) is 1. The van der Waals surface area contributed by atoms with Gasteiger partial charge in [0, 0.05) is 6.54 Å². The van der Waals surface area contributed by atoms with E-state index in [0.717, 1.165) is 12.3 Å². The maximum Gasteiger partial charge on any atom is 0.328 e. The number of rotatable bonds is 2. The molecule has 6 nitrogen and oxygen atoms in total. The molecule has 0 radical (unpaired) electrons. The summed E-state index contributed by atoms with van der Waals surface area (Å²) in [4.78, 5) is 27.9. The molecule has 0 aliphatic carbocycles. The van der Waals surface area contributed by atoms with Crippen molar-refractivity contribution in [3.8, 4) is 0 Å². The molecular formula is C11H11FN2O4. The molecule has 0 bridgehead atoms. The average molecular weight is 254 g/mol. The Morgan fingerprint density at radius 1 is 1.50 bits per heavy atom. The first-order valence-corrected chi connectivity index (χ1v) is 5.32. The molecule has 7 heteroatoms. The lowest BCUT2D eigenvalue weighted by Crippen LogP contribution is -2.52. The monoisotopic (exact) mass is 254 g/mol. The van der Waals surface area contributed by atoms with E-state index in [1.54, 1.807) is 0 Å². The number of carbonyl (C=O) groups is 2. The molecule has 0 aromatic carbocycles. The predicted molar refractivity (Wildman–Crippen MR) is 57.5 cm³/mol. The lowest BCUT2D eigenvalue weighted by atomic mass is 10.2. The molecule has 1 aromatic rings. The summed E-state index contributed by atoms with van der Waals surface area (Å²) in [5.74, 6) is -2.22. The van der Waals surface area contributed by atoms with Gasteiger partial charge in [0.2, 0.25) is 0 Å². The number of carbonyl (C=O) groups excluding carboxylic acids is 1. The summed E-state index contributed by atoms with van der Waals surface area (Å²) in [6.07, 6.45) is 0.920. The topological polar surface area (TPSA) is 79.7 Å². The summed E-state index contributed by atoms with van der Waals surface area (Å²) >= 11 is 0. The van der Waals surface area contributed by atoms with Gasteiger partial charge in [-0.2, -0.15) is 0 Å². The molecule has 1 aliphatic rings. The molecule has 1 amide bonds. The Morgan fingerprint density at radius 2 is 2.28 bits per heavy atom. The minimum atomic E-state index is -1.13. The Labute approximate surface area is 102 Å². The fraction of sp³-hybridized carbons (Fsp3) is 0.364. The number of hydrogen-bond acceptors (Lipinski definition) is 4.